The molecule has 0 fully saturated rings. The summed E-state index contributed by atoms with van der Waals surface area (Å²) in [5, 5.41) is 3.08. The molecule has 0 unspecified atom stereocenters. The lowest BCUT2D eigenvalue weighted by molar-refractivity contribution is 0.0941. The first-order chi connectivity index (χ1) is 14.1. The molecule has 5 heteroatoms. The number of H-pyrrole nitrogens is 1. The zero-order valence-electron chi connectivity index (χ0n) is 16.6. The number of nitrogens with zero attached hydrogens (tertiary/aromatic N) is 1. The van der Waals surface area contributed by atoms with Crippen molar-refractivity contribution in [2.75, 3.05) is 0 Å². The predicted octanol–water partition coefficient (Wildman–Crippen LogP) is 3.87. The van der Waals surface area contributed by atoms with Gasteiger partial charge < -0.3 is 10.3 Å². The molecule has 0 spiro atoms. The van der Waals surface area contributed by atoms with Gasteiger partial charge >= 0.3 is 0 Å². The first-order valence-corrected chi connectivity index (χ1v) is 10.1. The number of rotatable bonds is 4. The van der Waals surface area contributed by atoms with Gasteiger partial charge in [0.05, 0.1) is 6.04 Å². The van der Waals surface area contributed by atoms with Crippen LogP contribution in [0.2, 0.25) is 0 Å². The summed E-state index contributed by atoms with van der Waals surface area (Å²) in [6, 6.07) is 13.2. The van der Waals surface area contributed by atoms with Gasteiger partial charge in [-0.1, -0.05) is 30.7 Å². The molecule has 1 aliphatic carbocycles. The van der Waals surface area contributed by atoms with Crippen molar-refractivity contribution in [2.24, 2.45) is 0 Å². The Morgan fingerprint density at radius 1 is 1.07 bits per heavy atom. The van der Waals surface area contributed by atoms with Crippen LogP contribution in [0, 0.1) is 6.92 Å². The van der Waals surface area contributed by atoms with Crippen LogP contribution in [0.4, 0.5) is 0 Å². The van der Waals surface area contributed by atoms with Gasteiger partial charge in [0.1, 0.15) is 5.56 Å². The van der Waals surface area contributed by atoms with Gasteiger partial charge in [-0.05, 0) is 73.1 Å². The molecule has 2 N–H and O–H groups in total. The highest BCUT2D eigenvalue weighted by molar-refractivity contribution is 5.94. The number of benzene rings is 1. The molecular formula is C24H25N3O2. The number of fused-ring (bicyclic) bond motifs is 1. The third-order valence-electron chi connectivity index (χ3n) is 5.65. The third kappa shape index (κ3) is 4.14. The summed E-state index contributed by atoms with van der Waals surface area (Å²) in [4.78, 5) is 32.8. The SMILES string of the molecule is Cc1ccccc1[C@H](NC(=O)c1cc2c([nH]c1=O)CCCCC2)c1ccncc1. The number of aromatic amines is 1. The monoisotopic (exact) mass is 387 g/mol. The quantitative estimate of drug-likeness (QED) is 0.668. The Kier molecular flexibility index (Phi) is 5.56. The van der Waals surface area contributed by atoms with Crippen molar-refractivity contribution in [3.8, 4) is 0 Å². The second kappa shape index (κ2) is 8.43. The Labute approximate surface area is 170 Å². The van der Waals surface area contributed by atoms with E-state index in [9.17, 15) is 9.59 Å². The van der Waals surface area contributed by atoms with Crippen molar-refractivity contribution in [3.63, 3.8) is 0 Å². The summed E-state index contributed by atoms with van der Waals surface area (Å²) in [6.07, 6.45) is 8.50. The number of aromatic nitrogens is 2. The van der Waals surface area contributed by atoms with Crippen LogP contribution >= 0.6 is 0 Å². The fourth-order valence-electron chi connectivity index (χ4n) is 4.04. The number of pyridine rings is 2. The standard InChI is InChI=1S/C24H25N3O2/c1-16-7-5-6-9-19(16)22(17-11-13-25-14-12-17)27-24(29)20-15-18-8-3-2-4-10-21(18)26-23(20)28/h5-7,9,11-15,22H,2-4,8,10H2,1H3,(H,26,28)(H,27,29)/t22-/m1/s1. The summed E-state index contributed by atoms with van der Waals surface area (Å²) >= 11 is 0. The van der Waals surface area contributed by atoms with Crippen LogP contribution in [-0.2, 0) is 12.8 Å². The number of amides is 1. The highest BCUT2D eigenvalue weighted by Crippen LogP contribution is 2.25. The van der Waals surface area contributed by atoms with Crippen LogP contribution in [0.1, 0.15) is 63.6 Å². The number of carbonyl (C=O) groups is 1. The molecule has 0 radical (unpaired) electrons. The van der Waals surface area contributed by atoms with Crippen LogP contribution in [-0.4, -0.2) is 15.9 Å². The third-order valence-corrected chi connectivity index (χ3v) is 5.65. The lowest BCUT2D eigenvalue weighted by Gasteiger charge is -2.21. The first-order valence-electron chi connectivity index (χ1n) is 10.1. The largest absolute Gasteiger partial charge is 0.341 e. The second-order valence-corrected chi connectivity index (χ2v) is 7.62. The van der Waals surface area contributed by atoms with E-state index in [-0.39, 0.29) is 23.1 Å². The van der Waals surface area contributed by atoms with E-state index in [0.717, 1.165) is 60.1 Å². The summed E-state index contributed by atoms with van der Waals surface area (Å²) in [5.41, 5.74) is 4.93. The van der Waals surface area contributed by atoms with Crippen molar-refractivity contribution in [3.05, 3.63) is 98.7 Å². The maximum Gasteiger partial charge on any atom is 0.261 e. The molecule has 4 rings (SSSR count). The summed E-state index contributed by atoms with van der Waals surface area (Å²) in [7, 11) is 0. The number of nitrogens with one attached hydrogen (secondary N) is 2. The number of hydrogen-bond acceptors (Lipinski definition) is 3. The highest BCUT2D eigenvalue weighted by atomic mass is 16.2. The lowest BCUT2D eigenvalue weighted by Crippen LogP contribution is -2.34. The van der Waals surface area contributed by atoms with Crippen LogP contribution in [0.15, 0.2) is 59.7 Å². The number of aryl methyl sites for hydroxylation is 3. The van der Waals surface area contributed by atoms with Gasteiger partial charge in [0.25, 0.3) is 11.5 Å². The molecule has 1 amide bonds. The van der Waals surface area contributed by atoms with Gasteiger partial charge in [-0.15, -0.1) is 0 Å². The Bertz CT molecular complexity index is 1070. The molecule has 1 aliphatic rings. The molecule has 2 aromatic heterocycles. The van der Waals surface area contributed by atoms with Gasteiger partial charge in [-0.3, -0.25) is 14.6 Å². The van der Waals surface area contributed by atoms with E-state index in [1.54, 1.807) is 18.5 Å². The van der Waals surface area contributed by atoms with Crippen molar-refractivity contribution in [1.29, 1.82) is 0 Å². The zero-order valence-corrected chi connectivity index (χ0v) is 16.6. The van der Waals surface area contributed by atoms with Crippen molar-refractivity contribution >= 4 is 5.91 Å². The van der Waals surface area contributed by atoms with Crippen LogP contribution in [0.5, 0.6) is 0 Å². The van der Waals surface area contributed by atoms with Gasteiger partial charge in [-0.2, -0.15) is 0 Å². The Morgan fingerprint density at radius 3 is 2.62 bits per heavy atom. The maximum absolute atomic E-state index is 13.2. The zero-order chi connectivity index (χ0) is 20.2. The highest BCUT2D eigenvalue weighted by Gasteiger charge is 2.22. The van der Waals surface area contributed by atoms with E-state index in [2.05, 4.69) is 15.3 Å². The van der Waals surface area contributed by atoms with Crippen molar-refractivity contribution in [2.45, 2.75) is 45.1 Å². The average molecular weight is 387 g/mol. The molecule has 1 atom stereocenters. The normalized spacial score (nSPS) is 14.5. The molecule has 148 valence electrons. The molecule has 29 heavy (non-hydrogen) atoms. The van der Waals surface area contributed by atoms with E-state index in [1.165, 1.54) is 0 Å². The molecule has 2 heterocycles. The van der Waals surface area contributed by atoms with E-state index < -0.39 is 0 Å². The minimum Gasteiger partial charge on any atom is -0.341 e. The molecule has 0 saturated carbocycles. The van der Waals surface area contributed by atoms with Crippen LogP contribution < -0.4 is 10.9 Å². The molecular weight excluding hydrogens is 362 g/mol. The van der Waals surface area contributed by atoms with Gasteiger partial charge in [0, 0.05) is 18.1 Å². The Hall–Kier alpha value is -3.21. The van der Waals surface area contributed by atoms with Crippen molar-refractivity contribution in [1.82, 2.24) is 15.3 Å². The smallest absolute Gasteiger partial charge is 0.261 e. The minimum absolute atomic E-state index is 0.179. The van der Waals surface area contributed by atoms with E-state index >= 15 is 0 Å². The molecule has 0 aliphatic heterocycles. The van der Waals surface area contributed by atoms with Crippen LogP contribution in [0.25, 0.3) is 0 Å². The fourth-order valence-corrected chi connectivity index (χ4v) is 4.04. The molecule has 3 aromatic rings. The second-order valence-electron chi connectivity index (χ2n) is 7.62. The summed E-state index contributed by atoms with van der Waals surface area (Å²) < 4.78 is 0. The Balaban J connectivity index is 1.70. The minimum atomic E-state index is -0.358. The molecule has 1 aromatic carbocycles. The summed E-state index contributed by atoms with van der Waals surface area (Å²) in [6.45, 7) is 2.02. The van der Waals surface area contributed by atoms with Gasteiger partial charge in [0.2, 0.25) is 0 Å². The molecule has 0 bridgehead atoms. The van der Waals surface area contributed by atoms with E-state index in [1.807, 2.05) is 43.3 Å². The summed E-state index contributed by atoms with van der Waals surface area (Å²) in [5.74, 6) is -0.358. The number of carbonyl (C=O) groups excluding carboxylic acids is 1. The van der Waals surface area contributed by atoms with Crippen molar-refractivity contribution < 1.29 is 4.79 Å². The molecule has 0 saturated heterocycles. The lowest BCUT2D eigenvalue weighted by atomic mass is 9.95. The maximum atomic E-state index is 13.2. The molecule has 5 nitrogen and oxygen atoms in total. The number of hydrogen-bond donors (Lipinski definition) is 2. The topological polar surface area (TPSA) is 74.8 Å². The first kappa shape index (κ1) is 19.1. The van der Waals surface area contributed by atoms with Crippen LogP contribution in [0.3, 0.4) is 0 Å². The predicted molar refractivity (Wildman–Crippen MR) is 113 cm³/mol. The van der Waals surface area contributed by atoms with E-state index in [0.29, 0.717) is 0 Å². The van der Waals surface area contributed by atoms with Gasteiger partial charge in [0.15, 0.2) is 0 Å². The Morgan fingerprint density at radius 2 is 1.83 bits per heavy atom. The van der Waals surface area contributed by atoms with Gasteiger partial charge in [-0.25, -0.2) is 0 Å². The average Bonchev–Trinajstić information content (AvgIpc) is 2.97. The van der Waals surface area contributed by atoms with E-state index in [4.69, 9.17) is 0 Å². The fraction of sp³-hybridized carbons (Fsp3) is 0.292.